The van der Waals surface area contributed by atoms with E-state index in [1.807, 2.05) is 0 Å². The summed E-state index contributed by atoms with van der Waals surface area (Å²) in [6.07, 6.45) is 5.58. The largest absolute Gasteiger partial charge is 0.330 e. The van der Waals surface area contributed by atoms with Crippen LogP contribution in [0.4, 0.5) is 0 Å². The maximum Gasteiger partial charge on any atom is 0.0520 e. The van der Waals surface area contributed by atoms with Gasteiger partial charge in [-0.1, -0.05) is 29.0 Å². The zero-order valence-electron chi connectivity index (χ0n) is 8.21. The summed E-state index contributed by atoms with van der Waals surface area (Å²) < 4.78 is 1.23. The minimum atomic E-state index is -0.150. The molecule has 1 atom stereocenters. The normalized spacial score (nSPS) is 13.6. The van der Waals surface area contributed by atoms with E-state index in [-0.39, 0.29) is 6.17 Å². The zero-order valence-corrected chi connectivity index (χ0v) is 10.4. The van der Waals surface area contributed by atoms with Gasteiger partial charge in [0.05, 0.1) is 6.17 Å². The first-order chi connectivity index (χ1) is 6.20. The van der Waals surface area contributed by atoms with Crippen LogP contribution in [-0.4, -0.2) is 17.1 Å². The fraction of sp³-hybridized carbons (Fsp3) is 1.00. The Morgan fingerprint density at radius 1 is 1.00 bits per heavy atom. The molecule has 0 bridgehead atoms. The van der Waals surface area contributed by atoms with Gasteiger partial charge in [-0.25, -0.2) is 0 Å². The first kappa shape index (κ1) is 13.6. The van der Waals surface area contributed by atoms with Crippen molar-refractivity contribution < 1.29 is 0 Å². The van der Waals surface area contributed by atoms with Crippen molar-refractivity contribution in [1.82, 2.24) is 0 Å². The SMILES string of the molecule is NCC(CCCI)CCCC(N)N. The molecule has 0 aromatic rings. The molecular weight excluding hydrogens is 277 g/mol. The average molecular weight is 299 g/mol. The summed E-state index contributed by atoms with van der Waals surface area (Å²) in [5.74, 6) is 0.675. The van der Waals surface area contributed by atoms with Gasteiger partial charge in [0.2, 0.25) is 0 Å². The van der Waals surface area contributed by atoms with Crippen molar-refractivity contribution >= 4 is 22.6 Å². The Balaban J connectivity index is 3.36. The zero-order chi connectivity index (χ0) is 10.1. The first-order valence-electron chi connectivity index (χ1n) is 4.98. The number of alkyl halides is 1. The summed E-state index contributed by atoms with van der Waals surface area (Å²) in [4.78, 5) is 0. The third kappa shape index (κ3) is 8.93. The van der Waals surface area contributed by atoms with Crippen molar-refractivity contribution in [2.24, 2.45) is 23.1 Å². The van der Waals surface area contributed by atoms with Crippen molar-refractivity contribution in [2.75, 3.05) is 11.0 Å². The molecule has 4 heteroatoms. The van der Waals surface area contributed by atoms with Crippen LogP contribution in [0.25, 0.3) is 0 Å². The van der Waals surface area contributed by atoms with Gasteiger partial charge in [-0.05, 0) is 42.6 Å². The minimum Gasteiger partial charge on any atom is -0.330 e. The molecule has 0 saturated heterocycles. The third-order valence-corrected chi connectivity index (χ3v) is 2.99. The first-order valence-corrected chi connectivity index (χ1v) is 6.50. The molecule has 0 spiro atoms. The Morgan fingerprint density at radius 3 is 2.08 bits per heavy atom. The summed E-state index contributed by atoms with van der Waals surface area (Å²) in [5.41, 5.74) is 16.6. The van der Waals surface area contributed by atoms with Crippen LogP contribution in [0.3, 0.4) is 0 Å². The van der Waals surface area contributed by atoms with E-state index >= 15 is 0 Å². The predicted molar refractivity (Wildman–Crippen MR) is 66.7 cm³/mol. The van der Waals surface area contributed by atoms with Crippen molar-refractivity contribution in [3.8, 4) is 0 Å². The standard InChI is InChI=1S/C9H22IN3/c10-6-2-4-8(7-11)3-1-5-9(12)13/h8-9H,1-7,11-13H2. The molecule has 0 rings (SSSR count). The molecule has 0 radical (unpaired) electrons. The van der Waals surface area contributed by atoms with Crippen LogP contribution < -0.4 is 17.2 Å². The summed E-state index contributed by atoms with van der Waals surface area (Å²) in [6, 6.07) is 0. The van der Waals surface area contributed by atoms with Gasteiger partial charge in [-0.15, -0.1) is 0 Å². The lowest BCUT2D eigenvalue weighted by Crippen LogP contribution is -2.30. The number of nitrogens with two attached hydrogens (primary N) is 3. The highest BCUT2D eigenvalue weighted by Crippen LogP contribution is 2.14. The summed E-state index contributed by atoms with van der Waals surface area (Å²) in [6.45, 7) is 0.802. The van der Waals surface area contributed by atoms with Gasteiger partial charge >= 0.3 is 0 Å². The number of halogens is 1. The number of hydrogen-bond donors (Lipinski definition) is 3. The Hall–Kier alpha value is 0.610. The highest BCUT2D eigenvalue weighted by atomic mass is 127. The second kappa shape index (κ2) is 9.18. The van der Waals surface area contributed by atoms with E-state index in [4.69, 9.17) is 17.2 Å². The van der Waals surface area contributed by atoms with Gasteiger partial charge < -0.3 is 17.2 Å². The molecule has 0 aromatic carbocycles. The van der Waals surface area contributed by atoms with Crippen LogP contribution in [0, 0.1) is 5.92 Å². The molecule has 0 aromatic heterocycles. The summed E-state index contributed by atoms with van der Waals surface area (Å²) in [5, 5.41) is 0. The molecule has 0 amide bonds. The summed E-state index contributed by atoms with van der Waals surface area (Å²) >= 11 is 2.40. The maximum atomic E-state index is 5.67. The van der Waals surface area contributed by atoms with Gasteiger partial charge in [-0.3, -0.25) is 0 Å². The van der Waals surface area contributed by atoms with Crippen molar-refractivity contribution in [1.29, 1.82) is 0 Å². The van der Waals surface area contributed by atoms with Crippen molar-refractivity contribution in [2.45, 2.75) is 38.3 Å². The van der Waals surface area contributed by atoms with Crippen molar-refractivity contribution in [3.05, 3.63) is 0 Å². The van der Waals surface area contributed by atoms with E-state index in [2.05, 4.69) is 22.6 Å². The molecule has 0 aliphatic rings. The summed E-state index contributed by atoms with van der Waals surface area (Å²) in [7, 11) is 0. The Morgan fingerprint density at radius 2 is 1.62 bits per heavy atom. The minimum absolute atomic E-state index is 0.150. The Kier molecular flexibility index (Phi) is 9.61. The van der Waals surface area contributed by atoms with E-state index in [1.54, 1.807) is 0 Å². The molecule has 0 aliphatic heterocycles. The molecule has 1 unspecified atom stereocenters. The van der Waals surface area contributed by atoms with E-state index < -0.39 is 0 Å². The molecule has 80 valence electrons. The molecule has 0 aliphatic carbocycles. The molecule has 0 heterocycles. The van der Waals surface area contributed by atoms with Gasteiger partial charge in [0.1, 0.15) is 0 Å². The number of hydrogen-bond acceptors (Lipinski definition) is 3. The predicted octanol–water partition coefficient (Wildman–Crippen LogP) is 1.19. The van der Waals surface area contributed by atoms with Crippen LogP contribution in [0.2, 0.25) is 0 Å². The average Bonchev–Trinajstić information content (AvgIpc) is 2.10. The van der Waals surface area contributed by atoms with Crippen LogP contribution in [0.5, 0.6) is 0 Å². The molecule has 0 saturated carbocycles. The van der Waals surface area contributed by atoms with E-state index in [0.717, 1.165) is 19.4 Å². The highest BCUT2D eigenvalue weighted by molar-refractivity contribution is 14.1. The fourth-order valence-corrected chi connectivity index (χ4v) is 1.83. The lowest BCUT2D eigenvalue weighted by atomic mass is 9.97. The number of rotatable bonds is 8. The van der Waals surface area contributed by atoms with Crippen molar-refractivity contribution in [3.63, 3.8) is 0 Å². The quantitative estimate of drug-likeness (QED) is 0.358. The fourth-order valence-electron chi connectivity index (χ4n) is 1.39. The topological polar surface area (TPSA) is 78.1 Å². The van der Waals surface area contributed by atoms with Crippen LogP contribution >= 0.6 is 22.6 Å². The molecule has 13 heavy (non-hydrogen) atoms. The smallest absolute Gasteiger partial charge is 0.0520 e. The van der Waals surface area contributed by atoms with Gasteiger partial charge in [-0.2, -0.15) is 0 Å². The van der Waals surface area contributed by atoms with E-state index in [1.165, 1.54) is 23.7 Å². The monoisotopic (exact) mass is 299 g/mol. The third-order valence-electron chi connectivity index (χ3n) is 2.23. The molecule has 0 fully saturated rings. The Labute approximate surface area is 94.9 Å². The Bertz CT molecular complexity index is 109. The van der Waals surface area contributed by atoms with Crippen LogP contribution in [0.15, 0.2) is 0 Å². The van der Waals surface area contributed by atoms with Gasteiger partial charge in [0, 0.05) is 0 Å². The lowest BCUT2D eigenvalue weighted by molar-refractivity contribution is 0.425. The second-order valence-corrected chi connectivity index (χ2v) is 4.61. The van der Waals surface area contributed by atoms with E-state index in [0.29, 0.717) is 5.92 Å². The molecule has 3 nitrogen and oxygen atoms in total. The van der Waals surface area contributed by atoms with Crippen LogP contribution in [-0.2, 0) is 0 Å². The maximum absolute atomic E-state index is 5.67. The van der Waals surface area contributed by atoms with Gasteiger partial charge in [0.25, 0.3) is 0 Å². The van der Waals surface area contributed by atoms with Gasteiger partial charge in [0.15, 0.2) is 0 Å². The highest BCUT2D eigenvalue weighted by Gasteiger charge is 2.06. The lowest BCUT2D eigenvalue weighted by Gasteiger charge is -2.14. The van der Waals surface area contributed by atoms with Crippen LogP contribution in [0.1, 0.15) is 32.1 Å². The molecular formula is C9H22IN3. The second-order valence-electron chi connectivity index (χ2n) is 3.53. The van der Waals surface area contributed by atoms with E-state index in [9.17, 15) is 0 Å². The molecule has 6 N–H and O–H groups in total.